The Labute approximate surface area is 91.5 Å². The molecule has 0 saturated carbocycles. The van der Waals surface area contributed by atoms with E-state index in [2.05, 4.69) is 0 Å². The molecule has 5 heavy (non-hydrogen) atoms. The minimum absolute atomic E-state index is 0. The first-order chi connectivity index (χ1) is 0. The molecule has 5 heteroatoms. The minimum Gasteiger partial charge on any atom is -0.197 e. The summed E-state index contributed by atoms with van der Waals surface area (Å²) >= 11 is 0. The molecule has 0 aromatic heterocycles. The first-order valence-electron chi connectivity index (χ1n) is 0. The van der Waals surface area contributed by atoms with E-state index in [-0.39, 0.29) is 93.0 Å². The molecule has 6 radical (unpaired) electrons. The molecule has 30 valence electrons. The van der Waals surface area contributed by atoms with Crippen LogP contribution in [0.3, 0.4) is 0 Å². The van der Waals surface area contributed by atoms with Gasteiger partial charge in [0.05, 0.1) is 0 Å². The summed E-state index contributed by atoms with van der Waals surface area (Å²) in [4.78, 5) is 0. The van der Waals surface area contributed by atoms with Crippen LogP contribution in [0.1, 0.15) is 0 Å². The van der Waals surface area contributed by atoms with Crippen LogP contribution < -0.4 is 0 Å². The second kappa shape index (κ2) is 28.7. The summed E-state index contributed by atoms with van der Waals surface area (Å²) < 4.78 is 0. The van der Waals surface area contributed by atoms with E-state index in [1.54, 1.807) is 0 Å². The first-order valence-corrected chi connectivity index (χ1v) is 0. The molecule has 0 amide bonds. The van der Waals surface area contributed by atoms with Gasteiger partial charge < -0.3 is 0 Å². The third kappa shape index (κ3) is 19.7. The molecule has 0 aliphatic carbocycles. The summed E-state index contributed by atoms with van der Waals surface area (Å²) in [6.45, 7) is 0. The molecule has 0 aromatic carbocycles. The summed E-state index contributed by atoms with van der Waals surface area (Å²) in [6, 6.07) is 0. The van der Waals surface area contributed by atoms with E-state index < -0.39 is 0 Å². The van der Waals surface area contributed by atoms with Crippen molar-refractivity contribution in [2.45, 2.75) is 0 Å². The van der Waals surface area contributed by atoms with Crippen molar-refractivity contribution < 1.29 is 36.5 Å². The molecule has 0 nitrogen and oxygen atoms in total. The van der Waals surface area contributed by atoms with Gasteiger partial charge in [-0.25, -0.2) is 0 Å². The van der Waals surface area contributed by atoms with Crippen molar-refractivity contribution in [2.24, 2.45) is 0 Å². The monoisotopic (exact) mass is 356 g/mol. The van der Waals surface area contributed by atoms with Gasteiger partial charge in [-0.3, -0.25) is 0 Å². The summed E-state index contributed by atoms with van der Waals surface area (Å²) in [5, 5.41) is 0. The van der Waals surface area contributed by atoms with Crippen LogP contribution in [-0.4, -0.2) is 42.9 Å². The molecule has 0 unspecified atom stereocenters. The van der Waals surface area contributed by atoms with Crippen molar-refractivity contribution in [3.63, 3.8) is 0 Å². The van der Waals surface area contributed by atoms with Gasteiger partial charge in [-0.2, -0.15) is 13.5 Å². The van der Waals surface area contributed by atoms with Gasteiger partial charge in [0.15, 0.2) is 0 Å². The molecule has 0 saturated heterocycles. The van der Waals surface area contributed by atoms with Gasteiger partial charge in [0.2, 0.25) is 0 Å². The molecule has 0 aromatic rings. The number of rotatable bonds is 0. The molecule has 0 spiro atoms. The van der Waals surface area contributed by atoms with Crippen molar-refractivity contribution in [2.75, 3.05) is 0 Å². The van der Waals surface area contributed by atoms with E-state index in [0.717, 1.165) is 0 Å². The van der Waals surface area contributed by atoms with Crippen LogP contribution in [0.25, 0.3) is 0 Å². The Bertz CT molecular complexity index is 11.6. The predicted octanol–water partition coefficient (Wildman–Crippen LogP) is -0.654. The van der Waals surface area contributed by atoms with Crippen LogP contribution in [0.4, 0.5) is 0 Å². The van der Waals surface area contributed by atoms with E-state index in [4.69, 9.17) is 0 Å². The molecule has 0 bridgehead atoms. The van der Waals surface area contributed by atoms with Crippen molar-refractivity contribution in [1.82, 2.24) is 0 Å². The standard InChI is InChI=1S/Cu.In.H2S.Se.Zn/h;;1H2;;. The summed E-state index contributed by atoms with van der Waals surface area (Å²) in [6.07, 6.45) is 0. The largest absolute Gasteiger partial charge is 0.197 e. The van der Waals surface area contributed by atoms with E-state index in [1.165, 1.54) is 0 Å². The summed E-state index contributed by atoms with van der Waals surface area (Å²) in [5.74, 6) is 0. The maximum absolute atomic E-state index is 0. The average Bonchev–Trinajstić information content (AvgIpc) is 0. The van der Waals surface area contributed by atoms with Crippen LogP contribution >= 0.6 is 13.5 Å². The van der Waals surface area contributed by atoms with Crippen molar-refractivity contribution in [3.8, 4) is 0 Å². The summed E-state index contributed by atoms with van der Waals surface area (Å²) in [7, 11) is 0. The molecule has 0 aliphatic heterocycles. The number of hydrogen-bond donors (Lipinski definition) is 0. The van der Waals surface area contributed by atoms with E-state index in [0.29, 0.717) is 0 Å². The SMILES string of the molecule is S.[Cu].[In].[Se].[Zn]. The topological polar surface area (TPSA) is 0 Å². The molecule has 0 N–H and O–H groups in total. The first kappa shape index (κ1) is 44.9. The van der Waals surface area contributed by atoms with E-state index >= 15 is 0 Å². The smallest absolute Gasteiger partial charge is 0 e. The van der Waals surface area contributed by atoms with E-state index in [9.17, 15) is 0 Å². The van der Waals surface area contributed by atoms with Gasteiger partial charge in [0.25, 0.3) is 0 Å². The van der Waals surface area contributed by atoms with Gasteiger partial charge in [-0.05, 0) is 0 Å². The maximum Gasteiger partial charge on any atom is 0 e. The third-order valence-electron chi connectivity index (χ3n) is 0. The zero-order valence-electron chi connectivity index (χ0n) is 2.49. The molecule has 0 atom stereocenters. The maximum atomic E-state index is 0. The molecular formula is H2CuInSSeZn. The van der Waals surface area contributed by atoms with Crippen LogP contribution in [0.2, 0.25) is 0 Å². The molecular weight excluding hydrogens is 355 g/mol. The zero-order chi connectivity index (χ0) is 0. The fourth-order valence-corrected chi connectivity index (χ4v) is 0. The third-order valence-corrected chi connectivity index (χ3v) is 0. The fraction of sp³-hybridized carbons (Fsp3) is 0. The normalized spacial score (nSPS) is 0. The van der Waals surface area contributed by atoms with Crippen molar-refractivity contribution in [3.05, 3.63) is 0 Å². The Morgan fingerprint density at radius 3 is 1.00 bits per heavy atom. The quantitative estimate of drug-likeness (QED) is 0.506. The summed E-state index contributed by atoms with van der Waals surface area (Å²) in [5.41, 5.74) is 0. The Hall–Kier alpha value is 2.88. The molecule has 0 heterocycles. The number of hydrogen-bond acceptors (Lipinski definition) is 0. The van der Waals surface area contributed by atoms with Crippen LogP contribution in [0, 0.1) is 0 Å². The Morgan fingerprint density at radius 1 is 1.00 bits per heavy atom. The van der Waals surface area contributed by atoms with Gasteiger partial charge in [0, 0.05) is 79.5 Å². The fourth-order valence-electron chi connectivity index (χ4n) is 0. The Balaban J connectivity index is 0. The second-order valence-electron chi connectivity index (χ2n) is 0. The van der Waals surface area contributed by atoms with E-state index in [1.807, 2.05) is 0 Å². The van der Waals surface area contributed by atoms with Gasteiger partial charge in [-0.15, -0.1) is 0 Å². The van der Waals surface area contributed by atoms with Crippen LogP contribution in [-0.2, 0) is 36.5 Å². The average molecular weight is 357 g/mol. The van der Waals surface area contributed by atoms with Crippen molar-refractivity contribution >= 4 is 56.4 Å². The van der Waals surface area contributed by atoms with Crippen LogP contribution in [0.5, 0.6) is 0 Å². The molecule has 0 fully saturated rings. The van der Waals surface area contributed by atoms with Gasteiger partial charge in [0.1, 0.15) is 0 Å². The molecule has 0 aliphatic rings. The zero-order valence-corrected chi connectivity index (χ0v) is 12.4. The van der Waals surface area contributed by atoms with Gasteiger partial charge >= 0.3 is 0 Å². The molecule has 0 rings (SSSR count). The van der Waals surface area contributed by atoms with Crippen molar-refractivity contribution in [1.29, 1.82) is 0 Å². The van der Waals surface area contributed by atoms with Crippen LogP contribution in [0.15, 0.2) is 0 Å². The van der Waals surface area contributed by atoms with Gasteiger partial charge in [-0.1, -0.05) is 0 Å². The predicted molar refractivity (Wildman–Crippen MR) is 21.9 cm³/mol. The Morgan fingerprint density at radius 2 is 1.00 bits per heavy atom. The second-order valence-corrected chi connectivity index (χ2v) is 0. The minimum atomic E-state index is 0. The Kier molecular flexibility index (Phi) is 258.